The number of nitrogens with zero attached hydrogens (tertiary/aromatic N) is 5. The van der Waals surface area contributed by atoms with E-state index in [0.717, 1.165) is 36.3 Å². The van der Waals surface area contributed by atoms with Crippen LogP contribution in [0.15, 0.2) is 22.7 Å². The van der Waals surface area contributed by atoms with Crippen LogP contribution in [-0.2, 0) is 11.2 Å². The summed E-state index contributed by atoms with van der Waals surface area (Å²) in [5.74, 6) is 0.761. The molecule has 1 saturated heterocycles. The van der Waals surface area contributed by atoms with Crippen LogP contribution in [0.4, 0.5) is 0 Å². The fraction of sp³-hybridized carbons (Fsp3) is 0.444. The molecule has 1 amide bonds. The number of fused-ring (bicyclic) bond motifs is 1. The van der Waals surface area contributed by atoms with Gasteiger partial charge in [0.25, 0.3) is 5.78 Å². The number of amides is 1. The lowest BCUT2D eigenvalue weighted by atomic mass is 10.1. The Hall–Kier alpha value is -1.93. The normalized spacial score (nSPS) is 17.3. The van der Waals surface area contributed by atoms with Crippen molar-refractivity contribution in [3.05, 3.63) is 39.3 Å². The Kier molecular flexibility index (Phi) is 4.71. The minimum Gasteiger partial charge on any atom is -0.335 e. The van der Waals surface area contributed by atoms with Gasteiger partial charge >= 0.3 is 0 Å². The number of aryl methyl sites for hydroxylation is 2. The summed E-state index contributed by atoms with van der Waals surface area (Å²) >= 11 is 3.22. The molecule has 0 saturated carbocycles. The molecule has 26 heavy (non-hydrogen) atoms. The molecule has 136 valence electrons. The van der Waals surface area contributed by atoms with Gasteiger partial charge in [0.05, 0.1) is 12.5 Å². The van der Waals surface area contributed by atoms with Gasteiger partial charge in [0.15, 0.2) is 0 Å². The van der Waals surface area contributed by atoms with E-state index in [1.165, 1.54) is 16.6 Å². The number of carbonyl (C=O) groups is 1. The third-order valence-electron chi connectivity index (χ3n) is 4.98. The number of rotatable bonds is 4. The summed E-state index contributed by atoms with van der Waals surface area (Å²) in [6, 6.07) is 4.40. The maximum Gasteiger partial charge on any atom is 0.253 e. The van der Waals surface area contributed by atoms with Gasteiger partial charge in [-0.05, 0) is 44.4 Å². The second-order valence-corrected chi connectivity index (χ2v) is 8.26. The largest absolute Gasteiger partial charge is 0.335 e. The van der Waals surface area contributed by atoms with Crippen LogP contribution < -0.4 is 0 Å². The Balaban J connectivity index is 1.63. The maximum absolute atomic E-state index is 13.1. The molecule has 1 aliphatic rings. The van der Waals surface area contributed by atoms with Crippen molar-refractivity contribution < 1.29 is 4.79 Å². The number of thioether (sulfide) groups is 1. The molecule has 0 aliphatic carbocycles. The summed E-state index contributed by atoms with van der Waals surface area (Å²) in [5, 5.41) is 7.25. The molecule has 8 heteroatoms. The second kappa shape index (κ2) is 7.00. The zero-order chi connectivity index (χ0) is 18.3. The molecule has 1 aliphatic heterocycles. The number of hydrogen-bond acceptors (Lipinski definition) is 6. The van der Waals surface area contributed by atoms with E-state index in [4.69, 9.17) is 0 Å². The molecule has 0 bridgehead atoms. The van der Waals surface area contributed by atoms with E-state index in [0.29, 0.717) is 17.4 Å². The van der Waals surface area contributed by atoms with E-state index in [1.54, 1.807) is 15.9 Å². The molecular weight excluding hydrogens is 366 g/mol. The van der Waals surface area contributed by atoms with Gasteiger partial charge in [0.2, 0.25) is 11.1 Å². The number of likely N-dealkylation sites (tertiary alicyclic amines) is 1. The topological polar surface area (TPSA) is 63.4 Å². The Morgan fingerprint density at radius 3 is 2.96 bits per heavy atom. The number of aromatic nitrogens is 4. The molecule has 4 rings (SSSR count). The molecular formula is C18H21N5OS2. The fourth-order valence-electron chi connectivity index (χ4n) is 3.63. The molecule has 1 unspecified atom stereocenters. The van der Waals surface area contributed by atoms with Crippen LogP contribution in [0.3, 0.4) is 0 Å². The van der Waals surface area contributed by atoms with Crippen LogP contribution >= 0.6 is 23.1 Å². The average molecular weight is 388 g/mol. The summed E-state index contributed by atoms with van der Waals surface area (Å²) in [4.78, 5) is 25.4. The van der Waals surface area contributed by atoms with E-state index in [-0.39, 0.29) is 11.9 Å². The van der Waals surface area contributed by atoms with Crippen molar-refractivity contribution in [2.45, 2.75) is 44.3 Å². The van der Waals surface area contributed by atoms with Gasteiger partial charge in [-0.1, -0.05) is 17.8 Å². The van der Waals surface area contributed by atoms with E-state index < -0.39 is 0 Å². The Bertz CT molecular complexity index is 950. The number of thiophene rings is 1. The SMILES string of the molecule is CSc1nc2nc(C)c(CC(=O)N3CCCC3c3cccs3)c(C)n2n1. The summed E-state index contributed by atoms with van der Waals surface area (Å²) in [5.41, 5.74) is 2.76. The predicted octanol–water partition coefficient (Wildman–Crippen LogP) is 3.43. The van der Waals surface area contributed by atoms with E-state index in [9.17, 15) is 4.79 Å². The molecule has 1 fully saturated rings. The maximum atomic E-state index is 13.1. The zero-order valence-electron chi connectivity index (χ0n) is 15.1. The first-order valence-electron chi connectivity index (χ1n) is 8.68. The molecule has 0 N–H and O–H groups in total. The van der Waals surface area contributed by atoms with E-state index >= 15 is 0 Å². The Morgan fingerprint density at radius 2 is 2.23 bits per heavy atom. The highest BCUT2D eigenvalue weighted by molar-refractivity contribution is 7.98. The first kappa shape index (κ1) is 17.5. The van der Waals surface area contributed by atoms with Gasteiger partial charge < -0.3 is 4.90 Å². The van der Waals surface area contributed by atoms with Crippen LogP contribution in [0.1, 0.15) is 40.7 Å². The number of hydrogen-bond donors (Lipinski definition) is 0. The van der Waals surface area contributed by atoms with Crippen LogP contribution in [0.5, 0.6) is 0 Å². The first-order valence-corrected chi connectivity index (χ1v) is 10.8. The van der Waals surface area contributed by atoms with Gasteiger partial charge in [-0.3, -0.25) is 4.79 Å². The van der Waals surface area contributed by atoms with Gasteiger partial charge in [-0.2, -0.15) is 4.98 Å². The average Bonchev–Trinajstić information content (AvgIpc) is 3.37. The Labute approximate surface area is 160 Å². The molecule has 3 aromatic heterocycles. The summed E-state index contributed by atoms with van der Waals surface area (Å²) in [7, 11) is 0. The molecule has 6 nitrogen and oxygen atoms in total. The van der Waals surface area contributed by atoms with Gasteiger partial charge in [0, 0.05) is 28.4 Å². The van der Waals surface area contributed by atoms with Crippen LogP contribution in [0.2, 0.25) is 0 Å². The highest BCUT2D eigenvalue weighted by atomic mass is 32.2. The van der Waals surface area contributed by atoms with Crippen LogP contribution in [-0.4, -0.2) is 43.2 Å². The number of carbonyl (C=O) groups excluding carboxylic acids is 1. The molecule has 0 radical (unpaired) electrons. The van der Waals surface area contributed by atoms with Crippen molar-refractivity contribution >= 4 is 34.8 Å². The van der Waals surface area contributed by atoms with Gasteiger partial charge in [-0.25, -0.2) is 9.50 Å². The van der Waals surface area contributed by atoms with Crippen molar-refractivity contribution in [2.24, 2.45) is 0 Å². The minimum absolute atomic E-state index is 0.165. The van der Waals surface area contributed by atoms with Gasteiger partial charge in [-0.15, -0.1) is 16.4 Å². The second-order valence-electron chi connectivity index (χ2n) is 6.51. The highest BCUT2D eigenvalue weighted by Gasteiger charge is 2.31. The lowest BCUT2D eigenvalue weighted by molar-refractivity contribution is -0.131. The summed E-state index contributed by atoms with van der Waals surface area (Å²) < 4.78 is 1.75. The smallest absolute Gasteiger partial charge is 0.253 e. The molecule has 4 heterocycles. The zero-order valence-corrected chi connectivity index (χ0v) is 16.7. The van der Waals surface area contributed by atoms with Crippen LogP contribution in [0, 0.1) is 13.8 Å². The third kappa shape index (κ3) is 3.01. The van der Waals surface area contributed by atoms with Crippen molar-refractivity contribution in [1.29, 1.82) is 0 Å². The van der Waals surface area contributed by atoms with Crippen molar-refractivity contribution in [2.75, 3.05) is 12.8 Å². The fourth-order valence-corrected chi connectivity index (χ4v) is 4.84. The monoisotopic (exact) mass is 387 g/mol. The molecule has 1 atom stereocenters. The minimum atomic E-state index is 0.165. The van der Waals surface area contributed by atoms with E-state index in [1.807, 2.05) is 25.0 Å². The molecule has 0 aromatic carbocycles. The van der Waals surface area contributed by atoms with Gasteiger partial charge in [0.1, 0.15) is 0 Å². The van der Waals surface area contributed by atoms with Crippen LogP contribution in [0.25, 0.3) is 5.78 Å². The van der Waals surface area contributed by atoms with Crippen molar-refractivity contribution in [1.82, 2.24) is 24.5 Å². The predicted molar refractivity (Wildman–Crippen MR) is 104 cm³/mol. The third-order valence-corrected chi connectivity index (χ3v) is 6.50. The lowest BCUT2D eigenvalue weighted by Gasteiger charge is -2.24. The summed E-state index contributed by atoms with van der Waals surface area (Å²) in [6.07, 6.45) is 4.40. The molecule has 3 aromatic rings. The standard InChI is InChI=1S/C18H21N5OS2/c1-11-13(12(2)23-17(19-11)20-18(21-23)25-3)10-16(24)22-8-4-6-14(22)15-7-5-9-26-15/h5,7,9,14H,4,6,8,10H2,1-3H3. The Morgan fingerprint density at radius 1 is 1.38 bits per heavy atom. The lowest BCUT2D eigenvalue weighted by Crippen LogP contribution is -2.32. The van der Waals surface area contributed by atoms with Crippen molar-refractivity contribution in [3.8, 4) is 0 Å². The quantitative estimate of drug-likeness (QED) is 0.642. The highest BCUT2D eigenvalue weighted by Crippen LogP contribution is 2.35. The molecule has 0 spiro atoms. The first-order chi connectivity index (χ1) is 12.6. The van der Waals surface area contributed by atoms with E-state index in [2.05, 4.69) is 32.6 Å². The van der Waals surface area contributed by atoms with Crippen molar-refractivity contribution in [3.63, 3.8) is 0 Å². The summed E-state index contributed by atoms with van der Waals surface area (Å²) in [6.45, 7) is 4.77.